The molecular weight excluding hydrogens is 252 g/mol. The van der Waals surface area contributed by atoms with Crippen molar-refractivity contribution in [2.75, 3.05) is 13.7 Å². The second-order valence-electron chi connectivity index (χ2n) is 2.78. The minimum Gasteiger partial charge on any atom is -0.495 e. The molecule has 1 rings (SSSR count). The number of nitrogens with one attached hydrogen (secondary N) is 1. The van der Waals surface area contributed by atoms with Crippen LogP contribution < -0.4 is 9.46 Å². The molecule has 0 bridgehead atoms. The summed E-state index contributed by atoms with van der Waals surface area (Å²) < 4.78 is 30.4. The van der Waals surface area contributed by atoms with Gasteiger partial charge in [0.05, 0.1) is 19.7 Å². The van der Waals surface area contributed by atoms with Gasteiger partial charge in [-0.2, -0.15) is 9.98 Å². The highest BCUT2D eigenvalue weighted by atomic mass is 35.5. The van der Waals surface area contributed by atoms with Gasteiger partial charge in [-0.25, -0.2) is 8.42 Å². The molecule has 1 aromatic carbocycles. The molecular formula is C9H9ClN2O3S. The average molecular weight is 261 g/mol. The largest absolute Gasteiger partial charge is 0.495 e. The second kappa shape index (κ2) is 5.16. The third-order valence-corrected chi connectivity index (χ3v) is 3.41. The number of benzene rings is 1. The monoisotopic (exact) mass is 260 g/mol. The first-order chi connectivity index (χ1) is 7.51. The van der Waals surface area contributed by atoms with Crippen LogP contribution in [0.2, 0.25) is 5.02 Å². The van der Waals surface area contributed by atoms with Crippen LogP contribution >= 0.6 is 11.6 Å². The molecule has 0 fully saturated rings. The molecule has 0 amide bonds. The van der Waals surface area contributed by atoms with Crippen LogP contribution in [0.4, 0.5) is 0 Å². The summed E-state index contributed by atoms with van der Waals surface area (Å²) in [6.45, 7) is -0.308. The Bertz CT molecular complexity index is 522. The van der Waals surface area contributed by atoms with Gasteiger partial charge in [0.2, 0.25) is 10.0 Å². The van der Waals surface area contributed by atoms with Crippen LogP contribution in [0, 0.1) is 11.3 Å². The molecule has 0 spiro atoms. The van der Waals surface area contributed by atoms with Gasteiger partial charge in [0.1, 0.15) is 10.6 Å². The molecule has 0 atom stereocenters. The lowest BCUT2D eigenvalue weighted by Gasteiger charge is -2.09. The Morgan fingerprint density at radius 3 is 2.81 bits per heavy atom. The van der Waals surface area contributed by atoms with Gasteiger partial charge >= 0.3 is 0 Å². The predicted octanol–water partition coefficient (Wildman–Crippen LogP) is 1.15. The maximum atomic E-state index is 11.7. The van der Waals surface area contributed by atoms with Gasteiger partial charge in [-0.3, -0.25) is 0 Å². The third-order valence-electron chi connectivity index (χ3n) is 1.76. The lowest BCUT2D eigenvalue weighted by molar-refractivity contribution is 0.402. The molecule has 0 aromatic heterocycles. The molecule has 0 aliphatic rings. The van der Waals surface area contributed by atoms with Gasteiger partial charge in [-0.15, -0.1) is 0 Å². The van der Waals surface area contributed by atoms with Crippen LogP contribution in [0.1, 0.15) is 0 Å². The van der Waals surface area contributed by atoms with E-state index in [-0.39, 0.29) is 22.2 Å². The number of nitrogens with zero attached hydrogens (tertiary/aromatic N) is 1. The minimum atomic E-state index is -3.77. The number of sulfonamides is 1. The summed E-state index contributed by atoms with van der Waals surface area (Å²) in [6, 6.07) is 5.91. The topological polar surface area (TPSA) is 79.2 Å². The van der Waals surface area contributed by atoms with Crippen LogP contribution in [0.5, 0.6) is 5.75 Å². The number of rotatable bonds is 4. The van der Waals surface area contributed by atoms with Gasteiger partial charge < -0.3 is 4.74 Å². The number of hydrogen-bond donors (Lipinski definition) is 1. The highest BCUT2D eigenvalue weighted by Gasteiger charge is 2.19. The number of nitriles is 1. The summed E-state index contributed by atoms with van der Waals surface area (Å²) in [5.74, 6) is 0.176. The molecule has 0 saturated heterocycles. The molecule has 7 heteroatoms. The molecule has 0 aliphatic carbocycles. The maximum absolute atomic E-state index is 11.7. The summed E-state index contributed by atoms with van der Waals surface area (Å²) in [4.78, 5) is -0.0854. The van der Waals surface area contributed by atoms with Crippen molar-refractivity contribution in [2.45, 2.75) is 4.90 Å². The molecule has 1 aromatic rings. The minimum absolute atomic E-state index is 0.0854. The number of methoxy groups -OCH3 is 1. The van der Waals surface area contributed by atoms with E-state index in [1.807, 2.05) is 0 Å². The SMILES string of the molecule is COc1ccc(Cl)cc1S(=O)(=O)NCC#N. The highest BCUT2D eigenvalue weighted by Crippen LogP contribution is 2.26. The van der Waals surface area contributed by atoms with Crippen molar-refractivity contribution < 1.29 is 13.2 Å². The maximum Gasteiger partial charge on any atom is 0.245 e. The van der Waals surface area contributed by atoms with E-state index in [0.717, 1.165) is 0 Å². The van der Waals surface area contributed by atoms with E-state index in [1.165, 1.54) is 25.3 Å². The van der Waals surface area contributed by atoms with E-state index in [9.17, 15) is 8.42 Å². The summed E-state index contributed by atoms with van der Waals surface area (Å²) in [5, 5.41) is 8.60. The van der Waals surface area contributed by atoms with E-state index >= 15 is 0 Å². The first kappa shape index (κ1) is 12.8. The second-order valence-corrected chi connectivity index (χ2v) is 4.95. The van der Waals surface area contributed by atoms with Gasteiger partial charge in [0.15, 0.2) is 0 Å². The van der Waals surface area contributed by atoms with E-state index in [1.54, 1.807) is 6.07 Å². The van der Waals surface area contributed by atoms with Crippen LogP contribution in [0.15, 0.2) is 23.1 Å². The molecule has 0 heterocycles. The van der Waals surface area contributed by atoms with Crippen molar-refractivity contribution in [2.24, 2.45) is 0 Å². The summed E-state index contributed by atoms with van der Waals surface area (Å²) in [7, 11) is -2.42. The molecule has 0 aliphatic heterocycles. The van der Waals surface area contributed by atoms with E-state index in [0.29, 0.717) is 0 Å². The zero-order valence-electron chi connectivity index (χ0n) is 8.40. The standard InChI is InChI=1S/C9H9ClN2O3S/c1-15-8-3-2-7(10)6-9(8)16(13,14)12-5-4-11/h2-3,6,12H,5H2,1H3. The van der Waals surface area contributed by atoms with Crippen LogP contribution in [0.25, 0.3) is 0 Å². The van der Waals surface area contributed by atoms with Gasteiger partial charge in [0, 0.05) is 5.02 Å². The first-order valence-electron chi connectivity index (χ1n) is 4.21. The fourth-order valence-corrected chi connectivity index (χ4v) is 2.41. The third kappa shape index (κ3) is 2.85. The van der Waals surface area contributed by atoms with Gasteiger partial charge in [-0.05, 0) is 18.2 Å². The summed E-state index contributed by atoms with van der Waals surface area (Å²) in [5.41, 5.74) is 0. The zero-order valence-corrected chi connectivity index (χ0v) is 9.97. The van der Waals surface area contributed by atoms with E-state index < -0.39 is 10.0 Å². The molecule has 86 valence electrons. The van der Waals surface area contributed by atoms with Crippen molar-refractivity contribution in [3.05, 3.63) is 23.2 Å². The predicted molar refractivity (Wildman–Crippen MR) is 58.8 cm³/mol. The summed E-state index contributed by atoms with van der Waals surface area (Å²) in [6.07, 6.45) is 0. The Morgan fingerprint density at radius 2 is 2.25 bits per heavy atom. The Labute approximate surface area is 98.6 Å². The van der Waals surface area contributed by atoms with Crippen LogP contribution in [-0.4, -0.2) is 22.1 Å². The molecule has 0 saturated carbocycles. The van der Waals surface area contributed by atoms with E-state index in [2.05, 4.69) is 4.72 Å². The number of hydrogen-bond acceptors (Lipinski definition) is 4. The molecule has 16 heavy (non-hydrogen) atoms. The van der Waals surface area contributed by atoms with Crippen molar-refractivity contribution in [3.63, 3.8) is 0 Å². The van der Waals surface area contributed by atoms with Crippen LogP contribution in [0.3, 0.4) is 0 Å². The number of halogens is 1. The number of ether oxygens (including phenoxy) is 1. The van der Waals surface area contributed by atoms with E-state index in [4.69, 9.17) is 21.6 Å². The lowest BCUT2D eigenvalue weighted by atomic mass is 10.3. The summed E-state index contributed by atoms with van der Waals surface area (Å²) >= 11 is 5.70. The highest BCUT2D eigenvalue weighted by molar-refractivity contribution is 7.89. The Morgan fingerprint density at radius 1 is 1.56 bits per heavy atom. The van der Waals surface area contributed by atoms with Gasteiger partial charge in [-0.1, -0.05) is 11.6 Å². The Kier molecular flexibility index (Phi) is 4.12. The Hall–Kier alpha value is -1.29. The van der Waals surface area contributed by atoms with Gasteiger partial charge in [0.25, 0.3) is 0 Å². The van der Waals surface area contributed by atoms with Crippen molar-refractivity contribution >= 4 is 21.6 Å². The first-order valence-corrected chi connectivity index (χ1v) is 6.07. The van der Waals surface area contributed by atoms with Crippen molar-refractivity contribution in [3.8, 4) is 11.8 Å². The molecule has 0 radical (unpaired) electrons. The average Bonchev–Trinajstić information content (AvgIpc) is 2.26. The normalized spacial score (nSPS) is 10.8. The quantitative estimate of drug-likeness (QED) is 0.824. The van der Waals surface area contributed by atoms with Crippen LogP contribution in [-0.2, 0) is 10.0 Å². The fraction of sp³-hybridized carbons (Fsp3) is 0.222. The zero-order chi connectivity index (χ0) is 12.2. The molecule has 1 N–H and O–H groups in total. The van der Waals surface area contributed by atoms with Crippen molar-refractivity contribution in [1.82, 2.24) is 4.72 Å². The Balaban J connectivity index is 3.21. The fourth-order valence-electron chi connectivity index (χ4n) is 1.07. The molecule has 0 unspecified atom stereocenters. The van der Waals surface area contributed by atoms with Crippen molar-refractivity contribution in [1.29, 1.82) is 5.26 Å². The molecule has 5 nitrogen and oxygen atoms in total. The smallest absolute Gasteiger partial charge is 0.245 e. The lowest BCUT2D eigenvalue weighted by Crippen LogP contribution is -2.24.